The molecule has 1 aromatic carbocycles. The van der Waals surface area contributed by atoms with E-state index in [2.05, 4.69) is 11.6 Å². The van der Waals surface area contributed by atoms with Crippen molar-refractivity contribution in [1.29, 1.82) is 0 Å². The number of H-pyrrole nitrogens is 1. The van der Waals surface area contributed by atoms with Gasteiger partial charge in [0.15, 0.2) is 0 Å². The van der Waals surface area contributed by atoms with E-state index in [1.165, 1.54) is 0 Å². The van der Waals surface area contributed by atoms with Crippen molar-refractivity contribution >= 4 is 10.9 Å². The summed E-state index contributed by atoms with van der Waals surface area (Å²) < 4.78 is 5.46. The Morgan fingerprint density at radius 1 is 1.38 bits per heavy atom. The van der Waals surface area contributed by atoms with E-state index in [9.17, 15) is 0 Å². The molecule has 0 radical (unpaired) electrons. The number of aromatic nitrogens is 1. The number of fused-ring (bicyclic) bond motifs is 1. The zero-order chi connectivity index (χ0) is 9.10. The lowest BCUT2D eigenvalue weighted by molar-refractivity contribution is 0.367. The molecule has 0 aliphatic heterocycles. The summed E-state index contributed by atoms with van der Waals surface area (Å²) in [6.07, 6.45) is 3.61. The summed E-state index contributed by atoms with van der Waals surface area (Å²) in [7, 11) is 0. The standard InChI is InChI=1S/C11H11NO/c1-2-7-13-11-8-12-10-6-4-3-5-9(10)11/h2-6,8,12H,1,7H2. The Morgan fingerprint density at radius 2 is 2.23 bits per heavy atom. The smallest absolute Gasteiger partial charge is 0.145 e. The normalized spacial score (nSPS) is 10.2. The van der Waals surface area contributed by atoms with Crippen LogP contribution in [0.1, 0.15) is 0 Å². The third kappa shape index (κ3) is 1.43. The summed E-state index contributed by atoms with van der Waals surface area (Å²) in [5.74, 6) is 0.885. The van der Waals surface area contributed by atoms with Crippen molar-refractivity contribution in [2.45, 2.75) is 0 Å². The lowest BCUT2D eigenvalue weighted by Crippen LogP contribution is -1.90. The highest BCUT2D eigenvalue weighted by Gasteiger charge is 2.01. The number of nitrogens with one attached hydrogen (secondary N) is 1. The first-order valence-corrected chi connectivity index (χ1v) is 4.21. The molecular weight excluding hydrogens is 162 g/mol. The van der Waals surface area contributed by atoms with Gasteiger partial charge in [0.2, 0.25) is 0 Å². The van der Waals surface area contributed by atoms with Crippen molar-refractivity contribution in [3.8, 4) is 5.75 Å². The minimum absolute atomic E-state index is 0.543. The van der Waals surface area contributed by atoms with E-state index < -0.39 is 0 Å². The average molecular weight is 173 g/mol. The molecule has 0 amide bonds. The van der Waals surface area contributed by atoms with E-state index in [0.717, 1.165) is 16.7 Å². The first-order valence-electron chi connectivity index (χ1n) is 4.21. The van der Waals surface area contributed by atoms with E-state index in [1.54, 1.807) is 6.08 Å². The Hall–Kier alpha value is -1.70. The van der Waals surface area contributed by atoms with Crippen molar-refractivity contribution in [3.05, 3.63) is 43.1 Å². The molecule has 0 saturated carbocycles. The van der Waals surface area contributed by atoms with Gasteiger partial charge >= 0.3 is 0 Å². The molecule has 0 aliphatic carbocycles. The molecule has 2 nitrogen and oxygen atoms in total. The quantitative estimate of drug-likeness (QED) is 0.709. The van der Waals surface area contributed by atoms with Crippen LogP contribution in [0.3, 0.4) is 0 Å². The Labute approximate surface area is 76.8 Å². The van der Waals surface area contributed by atoms with Crippen LogP contribution in [0.5, 0.6) is 5.75 Å². The van der Waals surface area contributed by atoms with Gasteiger partial charge in [0, 0.05) is 17.1 Å². The zero-order valence-electron chi connectivity index (χ0n) is 7.29. The van der Waals surface area contributed by atoms with Gasteiger partial charge in [-0.3, -0.25) is 0 Å². The van der Waals surface area contributed by atoms with Crippen LogP contribution in [-0.4, -0.2) is 11.6 Å². The Morgan fingerprint density at radius 3 is 3.08 bits per heavy atom. The van der Waals surface area contributed by atoms with Gasteiger partial charge in [-0.05, 0) is 12.1 Å². The van der Waals surface area contributed by atoms with Crippen LogP contribution in [0, 0.1) is 0 Å². The molecule has 1 N–H and O–H groups in total. The molecule has 0 aliphatic rings. The molecule has 1 aromatic heterocycles. The number of para-hydroxylation sites is 1. The van der Waals surface area contributed by atoms with E-state index in [0.29, 0.717) is 6.61 Å². The van der Waals surface area contributed by atoms with Crippen LogP contribution in [-0.2, 0) is 0 Å². The van der Waals surface area contributed by atoms with Crippen molar-refractivity contribution in [2.24, 2.45) is 0 Å². The molecule has 0 unspecified atom stereocenters. The Kier molecular flexibility index (Phi) is 2.04. The molecule has 0 saturated heterocycles. The Balaban J connectivity index is 2.40. The lowest BCUT2D eigenvalue weighted by Gasteiger charge is -1.99. The maximum atomic E-state index is 5.46. The summed E-state index contributed by atoms with van der Waals surface area (Å²) in [4.78, 5) is 3.14. The molecular formula is C11H11NO. The molecule has 0 bridgehead atoms. The number of rotatable bonds is 3. The number of benzene rings is 1. The fraction of sp³-hybridized carbons (Fsp3) is 0.0909. The first-order chi connectivity index (χ1) is 6.42. The summed E-state index contributed by atoms with van der Waals surface area (Å²) in [5, 5.41) is 1.12. The predicted molar refractivity (Wildman–Crippen MR) is 54.0 cm³/mol. The van der Waals surface area contributed by atoms with Gasteiger partial charge in [-0.25, -0.2) is 0 Å². The fourth-order valence-electron chi connectivity index (χ4n) is 1.31. The monoisotopic (exact) mass is 173 g/mol. The molecule has 13 heavy (non-hydrogen) atoms. The SMILES string of the molecule is C=CCOc1c[nH]c2ccccc12. The summed E-state index contributed by atoms with van der Waals surface area (Å²) in [6, 6.07) is 8.05. The number of hydrogen-bond acceptors (Lipinski definition) is 1. The van der Waals surface area contributed by atoms with Gasteiger partial charge in [-0.2, -0.15) is 0 Å². The van der Waals surface area contributed by atoms with Crippen molar-refractivity contribution in [1.82, 2.24) is 4.98 Å². The highest BCUT2D eigenvalue weighted by Crippen LogP contribution is 2.24. The second-order valence-electron chi connectivity index (χ2n) is 2.80. The van der Waals surface area contributed by atoms with E-state index in [1.807, 2.05) is 30.5 Å². The lowest BCUT2D eigenvalue weighted by atomic mass is 10.2. The highest BCUT2D eigenvalue weighted by atomic mass is 16.5. The number of hydrogen-bond donors (Lipinski definition) is 1. The summed E-state index contributed by atoms with van der Waals surface area (Å²) in [6.45, 7) is 4.15. The average Bonchev–Trinajstić information content (AvgIpc) is 2.58. The van der Waals surface area contributed by atoms with E-state index in [4.69, 9.17) is 4.74 Å². The molecule has 0 spiro atoms. The summed E-state index contributed by atoms with van der Waals surface area (Å²) >= 11 is 0. The van der Waals surface area contributed by atoms with Crippen LogP contribution >= 0.6 is 0 Å². The van der Waals surface area contributed by atoms with Gasteiger partial charge < -0.3 is 9.72 Å². The predicted octanol–water partition coefficient (Wildman–Crippen LogP) is 2.73. The van der Waals surface area contributed by atoms with Gasteiger partial charge in [-0.1, -0.05) is 24.8 Å². The molecule has 2 aromatic rings. The van der Waals surface area contributed by atoms with Crippen LogP contribution in [0.4, 0.5) is 0 Å². The van der Waals surface area contributed by atoms with Crippen molar-refractivity contribution in [2.75, 3.05) is 6.61 Å². The van der Waals surface area contributed by atoms with Crippen molar-refractivity contribution in [3.63, 3.8) is 0 Å². The molecule has 1 heterocycles. The molecule has 66 valence electrons. The van der Waals surface area contributed by atoms with Gasteiger partial charge in [-0.15, -0.1) is 0 Å². The molecule has 0 atom stereocenters. The highest BCUT2D eigenvalue weighted by molar-refractivity contribution is 5.85. The van der Waals surface area contributed by atoms with Crippen LogP contribution in [0.15, 0.2) is 43.1 Å². The summed E-state index contributed by atoms with van der Waals surface area (Å²) in [5.41, 5.74) is 1.10. The topological polar surface area (TPSA) is 25.0 Å². The first kappa shape index (κ1) is 7.92. The fourth-order valence-corrected chi connectivity index (χ4v) is 1.31. The number of ether oxygens (including phenoxy) is 1. The zero-order valence-corrected chi connectivity index (χ0v) is 7.29. The molecule has 2 heteroatoms. The van der Waals surface area contributed by atoms with Gasteiger partial charge in [0.25, 0.3) is 0 Å². The third-order valence-electron chi connectivity index (χ3n) is 1.91. The second-order valence-corrected chi connectivity index (χ2v) is 2.80. The number of aromatic amines is 1. The van der Waals surface area contributed by atoms with Crippen molar-refractivity contribution < 1.29 is 4.74 Å². The van der Waals surface area contributed by atoms with Crippen LogP contribution in [0.25, 0.3) is 10.9 Å². The van der Waals surface area contributed by atoms with E-state index >= 15 is 0 Å². The maximum absolute atomic E-state index is 5.46. The molecule has 2 rings (SSSR count). The second kappa shape index (κ2) is 3.35. The Bertz CT molecular complexity index is 417. The van der Waals surface area contributed by atoms with Gasteiger partial charge in [0.05, 0.1) is 0 Å². The van der Waals surface area contributed by atoms with Crippen LogP contribution in [0.2, 0.25) is 0 Å². The molecule has 0 fully saturated rings. The van der Waals surface area contributed by atoms with Crippen LogP contribution < -0.4 is 4.74 Å². The largest absolute Gasteiger partial charge is 0.487 e. The maximum Gasteiger partial charge on any atom is 0.145 e. The minimum atomic E-state index is 0.543. The third-order valence-corrected chi connectivity index (χ3v) is 1.91. The van der Waals surface area contributed by atoms with E-state index in [-0.39, 0.29) is 0 Å². The van der Waals surface area contributed by atoms with Gasteiger partial charge in [0.1, 0.15) is 12.4 Å². The minimum Gasteiger partial charge on any atom is -0.487 e.